The van der Waals surface area contributed by atoms with Crippen molar-refractivity contribution in [3.63, 3.8) is 0 Å². The average molecular weight is 294 g/mol. The molecular weight excluding hydrogens is 268 g/mol. The lowest BCUT2D eigenvalue weighted by atomic mass is 10.2. The fourth-order valence-electron chi connectivity index (χ4n) is 2.37. The van der Waals surface area contributed by atoms with E-state index < -0.39 is 6.10 Å². The maximum atomic E-state index is 10.0. The third kappa shape index (κ3) is 5.99. The van der Waals surface area contributed by atoms with Gasteiger partial charge in [0, 0.05) is 25.8 Å². The maximum absolute atomic E-state index is 10.0. The minimum atomic E-state index is -0.457. The Hall–Kier alpha value is -1.17. The minimum Gasteiger partial charge on any atom is -0.487 e. The summed E-state index contributed by atoms with van der Waals surface area (Å²) in [6.45, 7) is 8.75. The molecule has 0 aromatic carbocycles. The standard InChI is InChI=1S/C16H26N2O3/c1-16(2,3)20-12-13(19)10-18-8-6-15(11-18)21-14-5-4-7-17-9-14/h4-5,7,9,13,15,19H,6,8,10-12H2,1-3H3. The van der Waals surface area contributed by atoms with Crippen LogP contribution in [-0.2, 0) is 4.74 Å². The van der Waals surface area contributed by atoms with Gasteiger partial charge in [-0.15, -0.1) is 0 Å². The Morgan fingerprint density at radius 2 is 2.29 bits per heavy atom. The van der Waals surface area contributed by atoms with Gasteiger partial charge in [-0.2, -0.15) is 0 Å². The van der Waals surface area contributed by atoms with Crippen molar-refractivity contribution in [3.8, 4) is 5.75 Å². The molecule has 5 heteroatoms. The van der Waals surface area contributed by atoms with E-state index in [1.807, 2.05) is 32.9 Å². The number of hydrogen-bond donors (Lipinski definition) is 1. The largest absolute Gasteiger partial charge is 0.487 e. The summed E-state index contributed by atoms with van der Waals surface area (Å²) in [5, 5.41) is 10.0. The van der Waals surface area contributed by atoms with Gasteiger partial charge >= 0.3 is 0 Å². The second-order valence-corrected chi connectivity index (χ2v) is 6.55. The molecule has 1 aliphatic heterocycles. The van der Waals surface area contributed by atoms with Gasteiger partial charge in [-0.1, -0.05) is 0 Å². The van der Waals surface area contributed by atoms with E-state index in [0.717, 1.165) is 25.3 Å². The van der Waals surface area contributed by atoms with Gasteiger partial charge in [0.1, 0.15) is 11.9 Å². The molecule has 0 saturated carbocycles. The van der Waals surface area contributed by atoms with Crippen LogP contribution in [0.3, 0.4) is 0 Å². The first-order valence-electron chi connectivity index (χ1n) is 7.53. The number of aliphatic hydroxyl groups is 1. The van der Waals surface area contributed by atoms with Crippen molar-refractivity contribution in [1.82, 2.24) is 9.88 Å². The first kappa shape index (κ1) is 16.2. The van der Waals surface area contributed by atoms with Crippen LogP contribution in [0.25, 0.3) is 0 Å². The van der Waals surface area contributed by atoms with E-state index in [0.29, 0.717) is 13.2 Å². The quantitative estimate of drug-likeness (QED) is 0.865. The zero-order valence-corrected chi connectivity index (χ0v) is 13.2. The van der Waals surface area contributed by atoms with E-state index in [-0.39, 0.29) is 11.7 Å². The van der Waals surface area contributed by atoms with Crippen molar-refractivity contribution < 1.29 is 14.6 Å². The fourth-order valence-corrected chi connectivity index (χ4v) is 2.37. The van der Waals surface area contributed by atoms with Crippen LogP contribution >= 0.6 is 0 Å². The zero-order valence-electron chi connectivity index (χ0n) is 13.2. The van der Waals surface area contributed by atoms with Crippen LogP contribution in [0.5, 0.6) is 5.75 Å². The van der Waals surface area contributed by atoms with Gasteiger partial charge in [-0.3, -0.25) is 9.88 Å². The lowest BCUT2D eigenvalue weighted by Crippen LogP contribution is -2.36. The average Bonchev–Trinajstić information content (AvgIpc) is 2.84. The molecule has 0 bridgehead atoms. The Balaban J connectivity index is 1.70. The van der Waals surface area contributed by atoms with Crippen LogP contribution in [0.1, 0.15) is 27.2 Å². The number of β-amino-alcohol motifs (C(OH)–C–C–N with tert-alkyl or cyclic N) is 1. The molecule has 2 rings (SSSR count). The molecule has 0 spiro atoms. The topological polar surface area (TPSA) is 54.8 Å². The van der Waals surface area contributed by atoms with Crippen molar-refractivity contribution in [2.24, 2.45) is 0 Å². The summed E-state index contributed by atoms with van der Waals surface area (Å²) < 4.78 is 11.5. The summed E-state index contributed by atoms with van der Waals surface area (Å²) in [6, 6.07) is 3.79. The molecule has 1 aromatic heterocycles. The normalized spacial score (nSPS) is 21.4. The molecule has 2 heterocycles. The summed E-state index contributed by atoms with van der Waals surface area (Å²) >= 11 is 0. The van der Waals surface area contributed by atoms with Crippen molar-refractivity contribution in [1.29, 1.82) is 0 Å². The zero-order chi connectivity index (χ0) is 15.3. The number of pyridine rings is 1. The molecule has 0 amide bonds. The van der Waals surface area contributed by atoms with Crippen LogP contribution < -0.4 is 4.74 Å². The summed E-state index contributed by atoms with van der Waals surface area (Å²) in [7, 11) is 0. The smallest absolute Gasteiger partial charge is 0.138 e. The third-order valence-corrected chi connectivity index (χ3v) is 3.34. The van der Waals surface area contributed by atoms with Gasteiger partial charge < -0.3 is 14.6 Å². The number of ether oxygens (including phenoxy) is 2. The summed E-state index contributed by atoms with van der Waals surface area (Å²) in [5.74, 6) is 0.806. The van der Waals surface area contributed by atoms with Crippen molar-refractivity contribution in [2.75, 3.05) is 26.2 Å². The molecule has 1 N–H and O–H groups in total. The number of likely N-dealkylation sites (tertiary alicyclic amines) is 1. The van der Waals surface area contributed by atoms with E-state index in [9.17, 15) is 5.11 Å². The highest BCUT2D eigenvalue weighted by Crippen LogP contribution is 2.17. The van der Waals surface area contributed by atoms with Gasteiger partial charge in [-0.05, 0) is 39.3 Å². The van der Waals surface area contributed by atoms with Crippen molar-refractivity contribution >= 4 is 0 Å². The molecule has 5 nitrogen and oxygen atoms in total. The van der Waals surface area contributed by atoms with E-state index >= 15 is 0 Å². The van der Waals surface area contributed by atoms with Crippen molar-refractivity contribution in [2.45, 2.75) is 45.0 Å². The van der Waals surface area contributed by atoms with Crippen LogP contribution in [0.2, 0.25) is 0 Å². The SMILES string of the molecule is CC(C)(C)OCC(O)CN1CCC(Oc2cccnc2)C1. The van der Waals surface area contributed by atoms with Crippen molar-refractivity contribution in [3.05, 3.63) is 24.5 Å². The first-order chi connectivity index (χ1) is 9.92. The molecule has 2 unspecified atom stereocenters. The second-order valence-electron chi connectivity index (χ2n) is 6.55. The molecule has 21 heavy (non-hydrogen) atoms. The summed E-state index contributed by atoms with van der Waals surface area (Å²) in [5.41, 5.74) is -0.210. The fraction of sp³-hybridized carbons (Fsp3) is 0.688. The molecule has 1 aromatic rings. The Bertz CT molecular complexity index is 419. The predicted molar refractivity (Wildman–Crippen MR) is 81.4 cm³/mol. The van der Waals surface area contributed by atoms with E-state index in [1.54, 1.807) is 12.4 Å². The van der Waals surface area contributed by atoms with E-state index in [2.05, 4.69) is 9.88 Å². The number of nitrogens with zero attached hydrogens (tertiary/aromatic N) is 2. The molecule has 1 aliphatic rings. The molecular formula is C16H26N2O3. The lowest BCUT2D eigenvalue weighted by molar-refractivity contribution is -0.0551. The van der Waals surface area contributed by atoms with Gasteiger partial charge in [0.25, 0.3) is 0 Å². The number of aliphatic hydroxyl groups excluding tert-OH is 1. The minimum absolute atomic E-state index is 0.171. The second kappa shape index (κ2) is 7.20. The van der Waals surface area contributed by atoms with Crippen LogP contribution in [0.15, 0.2) is 24.5 Å². The van der Waals surface area contributed by atoms with E-state index in [1.165, 1.54) is 0 Å². The van der Waals surface area contributed by atoms with E-state index in [4.69, 9.17) is 9.47 Å². The monoisotopic (exact) mass is 294 g/mol. The first-order valence-corrected chi connectivity index (χ1v) is 7.53. The van der Waals surface area contributed by atoms with Gasteiger partial charge in [-0.25, -0.2) is 0 Å². The molecule has 118 valence electrons. The molecule has 0 radical (unpaired) electrons. The van der Waals surface area contributed by atoms with Crippen LogP contribution in [0.4, 0.5) is 0 Å². The highest BCUT2D eigenvalue weighted by atomic mass is 16.5. The lowest BCUT2D eigenvalue weighted by Gasteiger charge is -2.24. The molecule has 1 saturated heterocycles. The Kier molecular flexibility index (Phi) is 5.56. The number of hydrogen-bond acceptors (Lipinski definition) is 5. The molecule has 0 aliphatic carbocycles. The third-order valence-electron chi connectivity index (χ3n) is 3.34. The number of rotatable bonds is 6. The Morgan fingerprint density at radius 3 is 2.95 bits per heavy atom. The predicted octanol–water partition coefficient (Wildman–Crippen LogP) is 1.71. The van der Waals surface area contributed by atoms with Gasteiger partial charge in [0.05, 0.1) is 24.5 Å². The van der Waals surface area contributed by atoms with Crippen LogP contribution in [-0.4, -0.2) is 59.0 Å². The van der Waals surface area contributed by atoms with Gasteiger partial charge in [0.2, 0.25) is 0 Å². The Labute approximate surface area is 126 Å². The summed E-state index contributed by atoms with van der Waals surface area (Å²) in [6.07, 6.45) is 4.15. The number of aromatic nitrogens is 1. The Morgan fingerprint density at radius 1 is 1.48 bits per heavy atom. The highest BCUT2D eigenvalue weighted by Gasteiger charge is 2.26. The molecule has 2 atom stereocenters. The van der Waals surface area contributed by atoms with Gasteiger partial charge in [0.15, 0.2) is 0 Å². The van der Waals surface area contributed by atoms with Crippen LogP contribution in [0, 0.1) is 0 Å². The summed E-state index contributed by atoms with van der Waals surface area (Å²) in [4.78, 5) is 6.27. The maximum Gasteiger partial charge on any atom is 0.138 e. The highest BCUT2D eigenvalue weighted by molar-refractivity contribution is 5.16. The molecule has 1 fully saturated rings.